The van der Waals surface area contributed by atoms with Crippen LogP contribution < -0.4 is 0 Å². The standard InChI is InChI=1S/C30H26N2O4S2/c1-14-11-37-26-17(33)6-20-29(24(14)26)8-16(29)10-31(20)22(35)4-3-5-23(36)32-13-28-9-19(28)30(28)21(32)7-18(34)27-25(30)15(2)12-38-27/h6-7,11-12,16,19H,3-5,8-10,13H2,1-2H3/t16-,19?,28?,29?,30?/m1/s1. The van der Waals surface area contributed by atoms with Crippen molar-refractivity contribution in [1.29, 1.82) is 0 Å². The lowest BCUT2D eigenvalue weighted by Gasteiger charge is -2.31. The van der Waals surface area contributed by atoms with Crippen molar-refractivity contribution >= 4 is 46.1 Å². The van der Waals surface area contributed by atoms with E-state index >= 15 is 0 Å². The van der Waals surface area contributed by atoms with Gasteiger partial charge in [-0.3, -0.25) is 19.2 Å². The van der Waals surface area contributed by atoms with Crippen LogP contribution >= 0.6 is 22.7 Å². The van der Waals surface area contributed by atoms with Gasteiger partial charge in [0.25, 0.3) is 0 Å². The average molecular weight is 543 g/mol. The van der Waals surface area contributed by atoms with Crippen LogP contribution in [0.2, 0.25) is 0 Å². The number of fused-ring (bicyclic) bond motifs is 2. The molecule has 5 fully saturated rings. The summed E-state index contributed by atoms with van der Waals surface area (Å²) in [5.41, 5.74) is 6.34. The van der Waals surface area contributed by atoms with Gasteiger partial charge in [-0.1, -0.05) is 0 Å². The second kappa shape index (κ2) is 6.48. The molecule has 9 rings (SSSR count). The van der Waals surface area contributed by atoms with Crippen LogP contribution in [0.5, 0.6) is 0 Å². The molecule has 2 aliphatic heterocycles. The number of amides is 2. The highest BCUT2D eigenvalue weighted by Gasteiger charge is 2.95. The summed E-state index contributed by atoms with van der Waals surface area (Å²) < 4.78 is 0. The normalized spacial score (nSPS) is 35.8. The van der Waals surface area contributed by atoms with E-state index in [0.29, 0.717) is 31.3 Å². The number of hydrogen-bond acceptors (Lipinski definition) is 6. The average Bonchev–Trinajstić information content (AvgIpc) is 3.73. The van der Waals surface area contributed by atoms with Crippen LogP contribution in [0.25, 0.3) is 0 Å². The number of likely N-dealkylation sites (tertiary alicyclic amines) is 2. The maximum atomic E-state index is 13.4. The Balaban J connectivity index is 0.910. The molecule has 6 nitrogen and oxygen atoms in total. The highest BCUT2D eigenvalue weighted by molar-refractivity contribution is 7.13. The zero-order valence-corrected chi connectivity index (χ0v) is 22.9. The van der Waals surface area contributed by atoms with Gasteiger partial charge in [0.2, 0.25) is 11.8 Å². The van der Waals surface area contributed by atoms with Gasteiger partial charge in [0.05, 0.1) is 9.75 Å². The zero-order valence-electron chi connectivity index (χ0n) is 21.3. The molecular weight excluding hydrogens is 516 g/mol. The van der Waals surface area contributed by atoms with Gasteiger partial charge in [0.1, 0.15) is 0 Å². The van der Waals surface area contributed by atoms with E-state index in [1.54, 1.807) is 12.2 Å². The maximum Gasteiger partial charge on any atom is 0.226 e. The minimum absolute atomic E-state index is 0.00643. The number of carbonyl (C=O) groups is 4. The molecule has 7 aliphatic rings. The lowest BCUT2D eigenvalue weighted by molar-refractivity contribution is -0.130. The SMILES string of the molecule is Cc1csc2c1C13C[C@@H]1CN(C(=O)CCCC(=O)N1CC45CC4C54C1=CC(=O)c1scc(C)c14)C3=CC2=O. The minimum atomic E-state index is -0.150. The molecule has 2 amide bonds. The topological polar surface area (TPSA) is 74.8 Å². The highest BCUT2D eigenvalue weighted by Crippen LogP contribution is 2.94. The first-order valence-corrected chi connectivity index (χ1v) is 15.3. The summed E-state index contributed by atoms with van der Waals surface area (Å²) in [6, 6.07) is 0. The molecule has 4 heterocycles. The van der Waals surface area contributed by atoms with Crippen molar-refractivity contribution in [3.8, 4) is 0 Å². The second-order valence-electron chi connectivity index (χ2n) is 12.5. The number of hydrogen-bond donors (Lipinski definition) is 0. The predicted molar refractivity (Wildman–Crippen MR) is 142 cm³/mol. The summed E-state index contributed by atoms with van der Waals surface area (Å²) in [6.07, 6.45) is 6.61. The lowest BCUT2D eigenvalue weighted by Crippen LogP contribution is -2.35. The van der Waals surface area contributed by atoms with E-state index in [-0.39, 0.29) is 52.5 Å². The van der Waals surface area contributed by atoms with Gasteiger partial charge in [0.15, 0.2) is 11.6 Å². The Labute approximate surface area is 228 Å². The number of aryl methyl sites for hydroxylation is 2. The first-order chi connectivity index (χ1) is 18.3. The Morgan fingerprint density at radius 1 is 0.895 bits per heavy atom. The fourth-order valence-electron chi connectivity index (χ4n) is 9.09. The molecule has 5 aliphatic carbocycles. The van der Waals surface area contributed by atoms with Gasteiger partial charge in [-0.25, -0.2) is 0 Å². The largest absolute Gasteiger partial charge is 0.315 e. The third-order valence-corrected chi connectivity index (χ3v) is 13.1. The van der Waals surface area contributed by atoms with Crippen LogP contribution in [0, 0.1) is 31.1 Å². The number of allylic oxidation sites excluding steroid dienone is 4. The van der Waals surface area contributed by atoms with E-state index in [1.807, 2.05) is 9.80 Å². The molecule has 192 valence electrons. The summed E-state index contributed by atoms with van der Waals surface area (Å²) in [4.78, 5) is 57.9. The number of carbonyl (C=O) groups excluding carboxylic acids is 4. The van der Waals surface area contributed by atoms with Crippen LogP contribution in [0.4, 0.5) is 0 Å². The molecule has 3 saturated carbocycles. The summed E-state index contributed by atoms with van der Waals surface area (Å²) >= 11 is 3.05. The van der Waals surface area contributed by atoms with Gasteiger partial charge in [-0.15, -0.1) is 22.7 Å². The molecule has 2 aromatic heterocycles. The molecule has 3 spiro atoms. The van der Waals surface area contributed by atoms with E-state index in [0.717, 1.165) is 45.1 Å². The first-order valence-electron chi connectivity index (χ1n) is 13.6. The third kappa shape index (κ3) is 2.19. The van der Waals surface area contributed by atoms with E-state index in [2.05, 4.69) is 24.6 Å². The fraction of sp³-hybridized carbons (Fsp3) is 0.467. The lowest BCUT2D eigenvalue weighted by atomic mass is 9.75. The number of rotatable bonds is 4. The summed E-state index contributed by atoms with van der Waals surface area (Å²) in [7, 11) is 0. The molecule has 0 radical (unpaired) electrons. The molecule has 2 aromatic rings. The Kier molecular flexibility index (Phi) is 3.75. The van der Waals surface area contributed by atoms with Crippen molar-refractivity contribution in [3.63, 3.8) is 0 Å². The smallest absolute Gasteiger partial charge is 0.226 e. The number of ketones is 2. The summed E-state index contributed by atoms with van der Waals surface area (Å²) in [5, 5.41) is 4.14. The minimum Gasteiger partial charge on any atom is -0.315 e. The van der Waals surface area contributed by atoms with Gasteiger partial charge in [0, 0.05) is 65.7 Å². The van der Waals surface area contributed by atoms with Crippen LogP contribution in [-0.4, -0.2) is 46.3 Å². The molecule has 38 heavy (non-hydrogen) atoms. The molecule has 5 atom stereocenters. The number of thiophene rings is 2. The Morgan fingerprint density at radius 3 is 2.24 bits per heavy atom. The predicted octanol–water partition coefficient (Wildman–Crippen LogP) is 4.66. The third-order valence-electron chi connectivity index (χ3n) is 10.8. The summed E-state index contributed by atoms with van der Waals surface area (Å²) in [6.45, 7) is 5.52. The summed E-state index contributed by atoms with van der Waals surface area (Å²) in [5.74, 6) is 1.02. The van der Waals surface area contributed by atoms with Crippen molar-refractivity contribution in [2.75, 3.05) is 13.1 Å². The van der Waals surface area contributed by atoms with Crippen molar-refractivity contribution in [2.45, 2.75) is 56.8 Å². The van der Waals surface area contributed by atoms with Crippen molar-refractivity contribution in [1.82, 2.24) is 9.80 Å². The molecule has 2 saturated heterocycles. The fourth-order valence-corrected chi connectivity index (χ4v) is 11.2. The second-order valence-corrected chi connectivity index (χ2v) is 14.2. The number of nitrogens with zero attached hydrogens (tertiary/aromatic N) is 2. The molecule has 8 heteroatoms. The van der Waals surface area contributed by atoms with Crippen molar-refractivity contribution in [3.05, 3.63) is 66.3 Å². The van der Waals surface area contributed by atoms with E-state index in [9.17, 15) is 19.2 Å². The molecule has 4 unspecified atom stereocenters. The van der Waals surface area contributed by atoms with Gasteiger partial charge in [-0.2, -0.15) is 0 Å². The Morgan fingerprint density at radius 2 is 1.53 bits per heavy atom. The van der Waals surface area contributed by atoms with Gasteiger partial charge < -0.3 is 9.80 Å². The van der Waals surface area contributed by atoms with E-state index in [4.69, 9.17) is 0 Å². The zero-order chi connectivity index (χ0) is 25.9. The quantitative estimate of drug-likeness (QED) is 0.564. The van der Waals surface area contributed by atoms with Gasteiger partial charge >= 0.3 is 0 Å². The van der Waals surface area contributed by atoms with Gasteiger partial charge in [-0.05, 0) is 78.0 Å². The van der Waals surface area contributed by atoms with Crippen LogP contribution in [0.15, 0.2) is 34.3 Å². The first kappa shape index (κ1) is 22.0. The molecule has 0 bridgehead atoms. The van der Waals surface area contributed by atoms with Crippen LogP contribution in [0.3, 0.4) is 0 Å². The van der Waals surface area contributed by atoms with Crippen molar-refractivity contribution < 1.29 is 19.2 Å². The molecule has 0 N–H and O–H groups in total. The van der Waals surface area contributed by atoms with E-state index < -0.39 is 0 Å². The Hall–Kier alpha value is -2.84. The molecule has 0 aromatic carbocycles. The van der Waals surface area contributed by atoms with Crippen LogP contribution in [0.1, 0.15) is 73.7 Å². The maximum absolute atomic E-state index is 13.4. The van der Waals surface area contributed by atoms with Crippen molar-refractivity contribution in [2.24, 2.45) is 17.3 Å². The number of piperidine rings is 2. The molecular formula is C30H26N2O4S2. The Bertz CT molecular complexity index is 1660. The van der Waals surface area contributed by atoms with E-state index in [1.165, 1.54) is 33.8 Å². The monoisotopic (exact) mass is 542 g/mol. The van der Waals surface area contributed by atoms with Crippen LogP contribution in [-0.2, 0) is 20.4 Å². The highest BCUT2D eigenvalue weighted by atomic mass is 32.1.